The van der Waals surface area contributed by atoms with E-state index in [1.807, 2.05) is 0 Å². The van der Waals surface area contributed by atoms with E-state index in [4.69, 9.17) is 9.47 Å². The molecule has 0 amide bonds. The molecule has 2 aliphatic heterocycles. The first-order valence-corrected chi connectivity index (χ1v) is 7.49. The topological polar surface area (TPSA) is 18.5 Å². The fourth-order valence-electron chi connectivity index (χ4n) is 3.79. The van der Waals surface area contributed by atoms with E-state index in [1.54, 1.807) is 0 Å². The molecule has 2 aromatic rings. The van der Waals surface area contributed by atoms with Gasteiger partial charge in [0.2, 0.25) is 0 Å². The standard InChI is InChI=1S/C18H20O2/c1-18(2)14-8-5-11-19-17(14)16-13-7-4-3-6-12(13)9-10-15(16)20-18/h3-4,6-7,9-10,14,17H,5,8,11H2,1-2H3/t14-,17-/m0/s1. The van der Waals surface area contributed by atoms with Crippen molar-refractivity contribution in [2.24, 2.45) is 5.92 Å². The van der Waals surface area contributed by atoms with Crippen LogP contribution in [0.5, 0.6) is 5.75 Å². The average Bonchev–Trinajstić information content (AvgIpc) is 2.46. The summed E-state index contributed by atoms with van der Waals surface area (Å²) in [6.45, 7) is 5.24. The minimum absolute atomic E-state index is 0.152. The molecule has 2 aliphatic rings. The Morgan fingerprint density at radius 3 is 2.85 bits per heavy atom. The zero-order valence-electron chi connectivity index (χ0n) is 12.1. The lowest BCUT2D eigenvalue weighted by molar-refractivity contribution is -0.115. The van der Waals surface area contributed by atoms with Gasteiger partial charge in [0.25, 0.3) is 0 Å². The molecular weight excluding hydrogens is 248 g/mol. The molecule has 4 rings (SSSR count). The number of fused-ring (bicyclic) bond motifs is 5. The maximum Gasteiger partial charge on any atom is 0.126 e. The smallest absolute Gasteiger partial charge is 0.126 e. The summed E-state index contributed by atoms with van der Waals surface area (Å²) in [4.78, 5) is 0. The second-order valence-electron chi connectivity index (χ2n) is 6.44. The lowest BCUT2D eigenvalue weighted by Crippen LogP contribution is -2.47. The lowest BCUT2D eigenvalue weighted by Gasteiger charge is -2.47. The number of benzene rings is 2. The monoisotopic (exact) mass is 268 g/mol. The molecule has 1 saturated heterocycles. The van der Waals surface area contributed by atoms with Crippen molar-refractivity contribution in [2.45, 2.75) is 38.4 Å². The Labute approximate surface area is 119 Å². The molecule has 0 unspecified atom stereocenters. The normalized spacial score (nSPS) is 27.5. The van der Waals surface area contributed by atoms with Crippen molar-refractivity contribution >= 4 is 10.8 Å². The highest BCUT2D eigenvalue weighted by molar-refractivity contribution is 5.88. The molecule has 0 radical (unpaired) electrons. The molecule has 2 aromatic carbocycles. The summed E-state index contributed by atoms with van der Waals surface area (Å²) in [7, 11) is 0. The maximum atomic E-state index is 6.32. The maximum absolute atomic E-state index is 6.32. The molecule has 2 nitrogen and oxygen atoms in total. The van der Waals surface area contributed by atoms with Crippen LogP contribution in [0.3, 0.4) is 0 Å². The van der Waals surface area contributed by atoms with Gasteiger partial charge < -0.3 is 9.47 Å². The van der Waals surface area contributed by atoms with Gasteiger partial charge in [0.05, 0.1) is 6.10 Å². The first-order chi connectivity index (χ1) is 9.67. The fraction of sp³-hybridized carbons (Fsp3) is 0.444. The second kappa shape index (κ2) is 4.23. The second-order valence-corrected chi connectivity index (χ2v) is 6.44. The predicted octanol–water partition coefficient (Wildman–Crippen LogP) is 4.48. The van der Waals surface area contributed by atoms with Gasteiger partial charge in [-0.3, -0.25) is 0 Å². The van der Waals surface area contributed by atoms with Gasteiger partial charge >= 0.3 is 0 Å². The SMILES string of the molecule is CC1(C)Oc2ccc3ccccc3c2[C@H]2OCCC[C@@H]21. The molecule has 0 spiro atoms. The van der Waals surface area contributed by atoms with E-state index in [0.717, 1.165) is 18.8 Å². The van der Waals surface area contributed by atoms with Gasteiger partial charge in [0.1, 0.15) is 11.4 Å². The summed E-state index contributed by atoms with van der Waals surface area (Å²) in [6.07, 6.45) is 2.49. The molecule has 2 heteroatoms. The Bertz CT molecular complexity index is 660. The molecule has 20 heavy (non-hydrogen) atoms. The van der Waals surface area contributed by atoms with Crippen LogP contribution in [0.25, 0.3) is 10.8 Å². The van der Waals surface area contributed by atoms with E-state index < -0.39 is 0 Å². The number of ether oxygens (including phenoxy) is 2. The van der Waals surface area contributed by atoms with Gasteiger partial charge in [0.15, 0.2) is 0 Å². The first kappa shape index (κ1) is 12.2. The third kappa shape index (κ3) is 1.68. The van der Waals surface area contributed by atoms with E-state index in [2.05, 4.69) is 50.2 Å². The predicted molar refractivity (Wildman–Crippen MR) is 80.1 cm³/mol. The van der Waals surface area contributed by atoms with Crippen LogP contribution in [-0.2, 0) is 4.74 Å². The zero-order chi connectivity index (χ0) is 13.7. The molecule has 0 N–H and O–H groups in total. The zero-order valence-corrected chi connectivity index (χ0v) is 12.1. The van der Waals surface area contributed by atoms with Gasteiger partial charge in [-0.15, -0.1) is 0 Å². The molecular formula is C18H20O2. The third-order valence-electron chi connectivity index (χ3n) is 4.80. The molecule has 2 atom stereocenters. The van der Waals surface area contributed by atoms with Crippen molar-refractivity contribution < 1.29 is 9.47 Å². The highest BCUT2D eigenvalue weighted by Crippen LogP contribution is 2.51. The van der Waals surface area contributed by atoms with Crippen LogP contribution in [0.2, 0.25) is 0 Å². The van der Waals surface area contributed by atoms with E-state index in [9.17, 15) is 0 Å². The van der Waals surface area contributed by atoms with Crippen LogP contribution in [0.1, 0.15) is 38.4 Å². The van der Waals surface area contributed by atoms with E-state index in [0.29, 0.717) is 5.92 Å². The van der Waals surface area contributed by atoms with Crippen molar-refractivity contribution in [3.8, 4) is 5.75 Å². The first-order valence-electron chi connectivity index (χ1n) is 7.49. The highest BCUT2D eigenvalue weighted by atomic mass is 16.5. The number of hydrogen-bond donors (Lipinski definition) is 0. The minimum Gasteiger partial charge on any atom is -0.487 e. The van der Waals surface area contributed by atoms with Gasteiger partial charge in [-0.1, -0.05) is 30.3 Å². The van der Waals surface area contributed by atoms with Crippen molar-refractivity contribution in [1.29, 1.82) is 0 Å². The van der Waals surface area contributed by atoms with Crippen molar-refractivity contribution in [1.82, 2.24) is 0 Å². The average molecular weight is 268 g/mol. The summed E-state index contributed by atoms with van der Waals surface area (Å²) in [5, 5.41) is 2.54. The van der Waals surface area contributed by atoms with Crippen molar-refractivity contribution in [3.63, 3.8) is 0 Å². The van der Waals surface area contributed by atoms with Gasteiger partial charge in [0, 0.05) is 18.1 Å². The van der Waals surface area contributed by atoms with Crippen LogP contribution in [0.4, 0.5) is 0 Å². The van der Waals surface area contributed by atoms with E-state index in [-0.39, 0.29) is 11.7 Å². The molecule has 104 valence electrons. The van der Waals surface area contributed by atoms with Crippen LogP contribution in [-0.4, -0.2) is 12.2 Å². The largest absolute Gasteiger partial charge is 0.487 e. The lowest BCUT2D eigenvalue weighted by atomic mass is 9.75. The Balaban J connectivity index is 1.97. The molecule has 2 heterocycles. The van der Waals surface area contributed by atoms with E-state index in [1.165, 1.54) is 22.8 Å². The van der Waals surface area contributed by atoms with Crippen LogP contribution in [0, 0.1) is 5.92 Å². The van der Waals surface area contributed by atoms with Crippen LogP contribution in [0.15, 0.2) is 36.4 Å². The minimum atomic E-state index is -0.152. The molecule has 0 aliphatic carbocycles. The Morgan fingerprint density at radius 1 is 1.10 bits per heavy atom. The summed E-state index contributed by atoms with van der Waals surface area (Å²) >= 11 is 0. The van der Waals surface area contributed by atoms with Crippen molar-refractivity contribution in [2.75, 3.05) is 6.61 Å². The fourth-order valence-corrected chi connectivity index (χ4v) is 3.79. The van der Waals surface area contributed by atoms with Gasteiger partial charge in [-0.2, -0.15) is 0 Å². The number of rotatable bonds is 0. The summed E-state index contributed by atoms with van der Waals surface area (Å²) in [5.74, 6) is 1.44. The molecule has 0 bridgehead atoms. The van der Waals surface area contributed by atoms with Crippen LogP contribution < -0.4 is 4.74 Å². The summed E-state index contributed by atoms with van der Waals surface area (Å²) in [5.41, 5.74) is 1.10. The van der Waals surface area contributed by atoms with E-state index >= 15 is 0 Å². The van der Waals surface area contributed by atoms with Gasteiger partial charge in [-0.05, 0) is 43.5 Å². The molecule has 0 aromatic heterocycles. The molecule has 1 fully saturated rings. The molecule has 0 saturated carbocycles. The summed E-state index contributed by atoms with van der Waals surface area (Å²) < 4.78 is 12.5. The Morgan fingerprint density at radius 2 is 1.95 bits per heavy atom. The summed E-state index contributed by atoms with van der Waals surface area (Å²) in [6, 6.07) is 12.8. The Hall–Kier alpha value is -1.54. The quantitative estimate of drug-likeness (QED) is 0.701. The Kier molecular flexibility index (Phi) is 2.58. The van der Waals surface area contributed by atoms with Crippen molar-refractivity contribution in [3.05, 3.63) is 42.0 Å². The van der Waals surface area contributed by atoms with Crippen LogP contribution >= 0.6 is 0 Å². The number of hydrogen-bond acceptors (Lipinski definition) is 2. The highest BCUT2D eigenvalue weighted by Gasteiger charge is 2.46. The van der Waals surface area contributed by atoms with Gasteiger partial charge in [-0.25, -0.2) is 0 Å². The third-order valence-corrected chi connectivity index (χ3v) is 4.80.